The fourth-order valence-corrected chi connectivity index (χ4v) is 2.04. The molecule has 1 aliphatic rings. The number of nitrogen functional groups attached to an aromatic ring is 1. The van der Waals surface area contributed by atoms with Gasteiger partial charge in [-0.05, 0) is 43.4 Å². The minimum Gasteiger partial charge on any atom is -0.399 e. The normalized spacial score (nSPS) is 25.6. The maximum atomic E-state index is 5.75. The van der Waals surface area contributed by atoms with Crippen LogP contribution in [0.4, 0.5) is 11.4 Å². The molecule has 2 rings (SSSR count). The Balaban J connectivity index is 2.05. The number of anilines is 2. The molecule has 1 aromatic carbocycles. The third-order valence-corrected chi connectivity index (χ3v) is 3.00. The average Bonchev–Trinajstić information content (AvgIpc) is 2.09. The molecule has 0 aromatic heterocycles. The summed E-state index contributed by atoms with van der Waals surface area (Å²) in [5.74, 6) is 0.883. The summed E-state index contributed by atoms with van der Waals surface area (Å²) in [6.07, 6.45) is 2.57. The molecule has 0 spiro atoms. The molecule has 0 aliphatic heterocycles. The van der Waals surface area contributed by atoms with Gasteiger partial charge in [0.15, 0.2) is 0 Å². The summed E-state index contributed by atoms with van der Waals surface area (Å²) < 4.78 is 0. The molecule has 14 heavy (non-hydrogen) atoms. The summed E-state index contributed by atoms with van der Waals surface area (Å²) in [7, 11) is 0. The Morgan fingerprint density at radius 1 is 1.36 bits per heavy atom. The van der Waals surface area contributed by atoms with Crippen LogP contribution in [0, 0.1) is 12.8 Å². The Bertz CT molecular complexity index is 327. The van der Waals surface area contributed by atoms with E-state index in [1.54, 1.807) is 0 Å². The molecule has 1 aliphatic carbocycles. The van der Waals surface area contributed by atoms with Crippen LogP contribution in [0.25, 0.3) is 0 Å². The fourth-order valence-electron chi connectivity index (χ4n) is 2.04. The van der Waals surface area contributed by atoms with Gasteiger partial charge < -0.3 is 11.1 Å². The Hall–Kier alpha value is -1.18. The smallest absolute Gasteiger partial charge is 0.0392 e. The lowest BCUT2D eigenvalue weighted by molar-refractivity contribution is 0.309. The SMILES string of the molecule is Cc1ccc(N)cc1NC1CC(C)C1. The van der Waals surface area contributed by atoms with E-state index < -0.39 is 0 Å². The highest BCUT2D eigenvalue weighted by Gasteiger charge is 2.25. The standard InChI is InChI=1S/C12H18N2/c1-8-5-11(6-8)14-12-7-10(13)4-3-9(12)2/h3-4,7-8,11,14H,5-6,13H2,1-2H3. The molecule has 76 valence electrons. The zero-order valence-corrected chi connectivity index (χ0v) is 8.88. The first kappa shape index (κ1) is 9.38. The zero-order valence-electron chi connectivity index (χ0n) is 8.88. The predicted molar refractivity (Wildman–Crippen MR) is 61.4 cm³/mol. The Labute approximate surface area is 85.5 Å². The minimum atomic E-state index is 0.658. The molecule has 0 amide bonds. The summed E-state index contributed by atoms with van der Waals surface area (Å²) in [5.41, 5.74) is 9.06. The van der Waals surface area contributed by atoms with Crippen LogP contribution >= 0.6 is 0 Å². The molecule has 0 unspecified atom stereocenters. The van der Waals surface area contributed by atoms with E-state index in [2.05, 4.69) is 25.2 Å². The first-order valence-corrected chi connectivity index (χ1v) is 5.28. The summed E-state index contributed by atoms with van der Waals surface area (Å²) in [6.45, 7) is 4.41. The Morgan fingerprint density at radius 3 is 2.71 bits per heavy atom. The van der Waals surface area contributed by atoms with Crippen molar-refractivity contribution in [2.45, 2.75) is 32.7 Å². The van der Waals surface area contributed by atoms with Crippen LogP contribution < -0.4 is 11.1 Å². The van der Waals surface area contributed by atoms with Crippen molar-refractivity contribution < 1.29 is 0 Å². The van der Waals surface area contributed by atoms with Crippen molar-refractivity contribution in [1.82, 2.24) is 0 Å². The molecule has 0 bridgehead atoms. The molecular weight excluding hydrogens is 172 g/mol. The number of benzene rings is 1. The van der Waals surface area contributed by atoms with Crippen LogP contribution in [0.3, 0.4) is 0 Å². The van der Waals surface area contributed by atoms with Crippen LogP contribution in [0.15, 0.2) is 18.2 Å². The third kappa shape index (κ3) is 1.84. The van der Waals surface area contributed by atoms with Gasteiger partial charge in [-0.15, -0.1) is 0 Å². The van der Waals surface area contributed by atoms with E-state index in [0.29, 0.717) is 6.04 Å². The lowest BCUT2D eigenvalue weighted by Crippen LogP contribution is -2.33. The Morgan fingerprint density at radius 2 is 2.07 bits per heavy atom. The van der Waals surface area contributed by atoms with Crippen LogP contribution in [0.2, 0.25) is 0 Å². The lowest BCUT2D eigenvalue weighted by atomic mass is 9.81. The van der Waals surface area contributed by atoms with Gasteiger partial charge in [0.05, 0.1) is 0 Å². The quantitative estimate of drug-likeness (QED) is 0.704. The Kier molecular flexibility index (Phi) is 2.36. The summed E-state index contributed by atoms with van der Waals surface area (Å²) in [4.78, 5) is 0. The van der Waals surface area contributed by atoms with E-state index in [1.165, 1.54) is 24.1 Å². The van der Waals surface area contributed by atoms with E-state index in [1.807, 2.05) is 12.1 Å². The maximum Gasteiger partial charge on any atom is 0.0392 e. The van der Waals surface area contributed by atoms with Crippen LogP contribution in [-0.4, -0.2) is 6.04 Å². The first-order valence-electron chi connectivity index (χ1n) is 5.28. The second-order valence-electron chi connectivity index (χ2n) is 4.49. The zero-order chi connectivity index (χ0) is 10.1. The molecule has 0 atom stereocenters. The number of nitrogens with two attached hydrogens (primary N) is 1. The maximum absolute atomic E-state index is 5.75. The molecule has 3 N–H and O–H groups in total. The van der Waals surface area contributed by atoms with Gasteiger partial charge >= 0.3 is 0 Å². The van der Waals surface area contributed by atoms with Crippen molar-refractivity contribution in [3.05, 3.63) is 23.8 Å². The first-order chi connectivity index (χ1) is 6.65. The van der Waals surface area contributed by atoms with Crippen LogP contribution in [0.1, 0.15) is 25.3 Å². The summed E-state index contributed by atoms with van der Waals surface area (Å²) >= 11 is 0. The molecule has 1 saturated carbocycles. The lowest BCUT2D eigenvalue weighted by Gasteiger charge is -2.34. The van der Waals surface area contributed by atoms with E-state index >= 15 is 0 Å². The molecule has 1 fully saturated rings. The summed E-state index contributed by atoms with van der Waals surface area (Å²) in [6, 6.07) is 6.70. The van der Waals surface area contributed by atoms with Gasteiger partial charge in [-0.2, -0.15) is 0 Å². The number of nitrogens with one attached hydrogen (secondary N) is 1. The number of rotatable bonds is 2. The molecule has 0 heterocycles. The van der Waals surface area contributed by atoms with Gasteiger partial charge in [0.1, 0.15) is 0 Å². The molecule has 2 nitrogen and oxygen atoms in total. The number of hydrogen-bond donors (Lipinski definition) is 2. The molecular formula is C12H18N2. The van der Waals surface area contributed by atoms with Crippen LogP contribution in [-0.2, 0) is 0 Å². The number of aryl methyl sites for hydroxylation is 1. The van der Waals surface area contributed by atoms with Crippen molar-refractivity contribution in [2.24, 2.45) is 5.92 Å². The van der Waals surface area contributed by atoms with Gasteiger partial charge in [-0.1, -0.05) is 13.0 Å². The molecule has 0 saturated heterocycles. The van der Waals surface area contributed by atoms with Crippen molar-refractivity contribution >= 4 is 11.4 Å². The number of hydrogen-bond acceptors (Lipinski definition) is 2. The van der Waals surface area contributed by atoms with Gasteiger partial charge in [0.25, 0.3) is 0 Å². The predicted octanol–water partition coefficient (Wildman–Crippen LogP) is 2.79. The highest BCUT2D eigenvalue weighted by atomic mass is 14.9. The third-order valence-electron chi connectivity index (χ3n) is 3.00. The van der Waals surface area contributed by atoms with E-state index in [-0.39, 0.29) is 0 Å². The van der Waals surface area contributed by atoms with E-state index in [4.69, 9.17) is 5.73 Å². The van der Waals surface area contributed by atoms with Gasteiger partial charge in [0, 0.05) is 17.4 Å². The van der Waals surface area contributed by atoms with Gasteiger partial charge in [0.2, 0.25) is 0 Å². The fraction of sp³-hybridized carbons (Fsp3) is 0.500. The van der Waals surface area contributed by atoms with Gasteiger partial charge in [-0.3, -0.25) is 0 Å². The minimum absolute atomic E-state index is 0.658. The molecule has 2 heteroatoms. The van der Waals surface area contributed by atoms with Crippen LogP contribution in [0.5, 0.6) is 0 Å². The average molecular weight is 190 g/mol. The van der Waals surface area contributed by atoms with Crippen molar-refractivity contribution in [1.29, 1.82) is 0 Å². The van der Waals surface area contributed by atoms with E-state index in [9.17, 15) is 0 Å². The highest BCUT2D eigenvalue weighted by Crippen LogP contribution is 2.30. The largest absolute Gasteiger partial charge is 0.399 e. The van der Waals surface area contributed by atoms with E-state index in [0.717, 1.165) is 11.6 Å². The van der Waals surface area contributed by atoms with Crippen molar-refractivity contribution in [2.75, 3.05) is 11.1 Å². The second-order valence-corrected chi connectivity index (χ2v) is 4.49. The monoisotopic (exact) mass is 190 g/mol. The highest BCUT2D eigenvalue weighted by molar-refractivity contribution is 5.59. The summed E-state index contributed by atoms with van der Waals surface area (Å²) in [5, 5.41) is 3.54. The molecule has 1 aromatic rings. The topological polar surface area (TPSA) is 38.0 Å². The van der Waals surface area contributed by atoms with Gasteiger partial charge in [-0.25, -0.2) is 0 Å². The van der Waals surface area contributed by atoms with Crippen molar-refractivity contribution in [3.63, 3.8) is 0 Å². The second kappa shape index (κ2) is 3.52. The van der Waals surface area contributed by atoms with Crippen molar-refractivity contribution in [3.8, 4) is 0 Å². The molecule has 0 radical (unpaired) electrons.